The van der Waals surface area contributed by atoms with Gasteiger partial charge in [-0.15, -0.1) is 11.3 Å². The lowest BCUT2D eigenvalue weighted by Crippen LogP contribution is -1.96. The smallest absolute Gasteiger partial charge is 0.291 e. The van der Waals surface area contributed by atoms with Crippen LogP contribution in [0.2, 0.25) is 0 Å². The maximum Gasteiger partial charge on any atom is 0.291 e. The number of hydrogen-bond donors (Lipinski definition) is 0. The third-order valence-electron chi connectivity index (χ3n) is 2.50. The van der Waals surface area contributed by atoms with Crippen LogP contribution >= 0.6 is 11.3 Å². The van der Waals surface area contributed by atoms with Crippen molar-refractivity contribution in [3.63, 3.8) is 0 Å². The fourth-order valence-electron chi connectivity index (χ4n) is 1.53. The fraction of sp³-hybridized carbons (Fsp3) is 0.154. The lowest BCUT2D eigenvalue weighted by molar-refractivity contribution is 0.355. The minimum Gasteiger partial charge on any atom is -0.493 e. The summed E-state index contributed by atoms with van der Waals surface area (Å²) in [5.74, 6) is 1.09. The van der Waals surface area contributed by atoms with Gasteiger partial charge in [-0.2, -0.15) is 12.8 Å². The van der Waals surface area contributed by atoms with Crippen molar-refractivity contribution in [1.82, 2.24) is 0 Å². The largest absolute Gasteiger partial charge is 0.493 e. The zero-order chi connectivity index (χ0) is 14.6. The second-order valence-electron chi connectivity index (χ2n) is 3.76. The summed E-state index contributed by atoms with van der Waals surface area (Å²) in [5, 5.41) is 1.69. The highest BCUT2D eigenvalue weighted by Gasteiger charge is 2.12. The Bertz CT molecular complexity index is 706. The molecule has 1 heterocycles. The predicted molar refractivity (Wildman–Crippen MR) is 78.6 cm³/mol. The van der Waals surface area contributed by atoms with Crippen LogP contribution in [0.1, 0.15) is 5.56 Å². The maximum absolute atomic E-state index is 11.9. The van der Waals surface area contributed by atoms with Crippen molar-refractivity contribution in [2.24, 2.45) is 4.40 Å². The molecule has 0 aliphatic carbocycles. The number of sulfonamides is 1. The maximum atomic E-state index is 11.9. The quantitative estimate of drug-likeness (QED) is 0.796. The molecule has 0 N–H and O–H groups in total. The van der Waals surface area contributed by atoms with Crippen LogP contribution < -0.4 is 9.47 Å². The van der Waals surface area contributed by atoms with E-state index in [2.05, 4.69) is 4.40 Å². The van der Waals surface area contributed by atoms with E-state index in [0.29, 0.717) is 17.1 Å². The van der Waals surface area contributed by atoms with Crippen LogP contribution in [0.5, 0.6) is 11.5 Å². The topological polar surface area (TPSA) is 65.0 Å². The summed E-state index contributed by atoms with van der Waals surface area (Å²) < 4.78 is 37.9. The number of thiophene rings is 1. The standard InChI is InChI=1S/C13H13NO4S2/c1-17-11-6-5-10(8-12(11)18-2)9-14-20(15,16)13-4-3-7-19-13/h3-9H,1-2H3. The van der Waals surface area contributed by atoms with Crippen molar-refractivity contribution in [2.45, 2.75) is 4.21 Å². The predicted octanol–water partition coefficient (Wildman–Crippen LogP) is 2.57. The molecule has 0 aliphatic rings. The Kier molecular flexibility index (Phi) is 4.41. The number of benzene rings is 1. The summed E-state index contributed by atoms with van der Waals surface area (Å²) in [6.07, 6.45) is 1.29. The van der Waals surface area contributed by atoms with E-state index in [1.54, 1.807) is 29.6 Å². The molecule has 0 radical (unpaired) electrons. The van der Waals surface area contributed by atoms with Gasteiger partial charge >= 0.3 is 0 Å². The second kappa shape index (κ2) is 6.06. The van der Waals surface area contributed by atoms with Crippen molar-refractivity contribution in [2.75, 3.05) is 14.2 Å². The van der Waals surface area contributed by atoms with E-state index < -0.39 is 10.0 Å². The lowest BCUT2D eigenvalue weighted by atomic mass is 10.2. The molecule has 0 unspecified atom stereocenters. The first-order valence-corrected chi connectivity index (χ1v) is 7.94. The van der Waals surface area contributed by atoms with Gasteiger partial charge in [0.05, 0.1) is 14.2 Å². The molecule has 5 nitrogen and oxygen atoms in total. The highest BCUT2D eigenvalue weighted by molar-refractivity contribution is 7.92. The van der Waals surface area contributed by atoms with Crippen LogP contribution in [-0.4, -0.2) is 28.9 Å². The highest BCUT2D eigenvalue weighted by atomic mass is 32.2. The fourth-order valence-corrected chi connectivity index (χ4v) is 3.37. The van der Waals surface area contributed by atoms with E-state index in [0.717, 1.165) is 11.3 Å². The van der Waals surface area contributed by atoms with Gasteiger partial charge in [0.2, 0.25) is 0 Å². The zero-order valence-corrected chi connectivity index (χ0v) is 12.6. The summed E-state index contributed by atoms with van der Waals surface area (Å²) in [6.45, 7) is 0. The molecule has 0 fully saturated rings. The van der Waals surface area contributed by atoms with E-state index in [4.69, 9.17) is 9.47 Å². The van der Waals surface area contributed by atoms with Gasteiger partial charge in [0.1, 0.15) is 4.21 Å². The van der Waals surface area contributed by atoms with E-state index in [1.807, 2.05) is 0 Å². The molecule has 0 saturated carbocycles. The Morgan fingerprint density at radius 1 is 1.15 bits per heavy atom. The summed E-state index contributed by atoms with van der Waals surface area (Å²) in [7, 11) is -0.585. The summed E-state index contributed by atoms with van der Waals surface area (Å²) >= 11 is 1.13. The first-order valence-electron chi connectivity index (χ1n) is 5.62. The summed E-state index contributed by atoms with van der Waals surface area (Å²) in [5.41, 5.74) is 0.614. The Labute approximate surface area is 121 Å². The van der Waals surface area contributed by atoms with Gasteiger partial charge in [-0.3, -0.25) is 0 Å². The molecule has 106 valence electrons. The molecule has 2 rings (SSSR count). The van der Waals surface area contributed by atoms with Crippen molar-refractivity contribution < 1.29 is 17.9 Å². The molecule has 20 heavy (non-hydrogen) atoms. The number of methoxy groups -OCH3 is 2. The first kappa shape index (κ1) is 14.5. The molecule has 0 atom stereocenters. The molecule has 0 bridgehead atoms. The molecular formula is C13H13NO4S2. The van der Waals surface area contributed by atoms with Crippen LogP contribution in [0, 0.1) is 0 Å². The number of hydrogen-bond acceptors (Lipinski definition) is 5. The highest BCUT2D eigenvalue weighted by Crippen LogP contribution is 2.27. The molecular weight excluding hydrogens is 298 g/mol. The van der Waals surface area contributed by atoms with Crippen LogP contribution in [0.4, 0.5) is 0 Å². The van der Waals surface area contributed by atoms with Gasteiger partial charge in [0, 0.05) is 6.21 Å². The minimum absolute atomic E-state index is 0.217. The monoisotopic (exact) mass is 311 g/mol. The van der Waals surface area contributed by atoms with Crippen LogP contribution in [-0.2, 0) is 10.0 Å². The molecule has 0 saturated heterocycles. The van der Waals surface area contributed by atoms with Crippen molar-refractivity contribution >= 4 is 27.6 Å². The summed E-state index contributed by atoms with van der Waals surface area (Å²) in [6, 6.07) is 8.24. The average molecular weight is 311 g/mol. The number of rotatable bonds is 5. The van der Waals surface area contributed by atoms with Crippen LogP contribution in [0.3, 0.4) is 0 Å². The van der Waals surface area contributed by atoms with Gasteiger partial charge in [-0.05, 0) is 35.2 Å². The molecule has 1 aromatic heterocycles. The van der Waals surface area contributed by atoms with E-state index in [9.17, 15) is 8.42 Å². The molecule has 0 aliphatic heterocycles. The van der Waals surface area contributed by atoms with Crippen molar-refractivity contribution in [3.8, 4) is 11.5 Å². The summed E-state index contributed by atoms with van der Waals surface area (Å²) in [4.78, 5) is 0. The van der Waals surface area contributed by atoms with Gasteiger partial charge in [-0.25, -0.2) is 0 Å². The number of ether oxygens (including phenoxy) is 2. The van der Waals surface area contributed by atoms with Gasteiger partial charge in [0.15, 0.2) is 11.5 Å². The molecule has 0 amide bonds. The Balaban J connectivity index is 2.28. The van der Waals surface area contributed by atoms with Crippen molar-refractivity contribution in [3.05, 3.63) is 41.3 Å². The second-order valence-corrected chi connectivity index (χ2v) is 6.56. The molecule has 2 aromatic rings. The van der Waals surface area contributed by atoms with Crippen LogP contribution in [0.25, 0.3) is 0 Å². The van der Waals surface area contributed by atoms with E-state index in [1.165, 1.54) is 26.5 Å². The Hall–Kier alpha value is -1.86. The average Bonchev–Trinajstić information content (AvgIpc) is 3.00. The lowest BCUT2D eigenvalue weighted by Gasteiger charge is -2.07. The third-order valence-corrected chi connectivity index (χ3v) is 5.11. The zero-order valence-electron chi connectivity index (χ0n) is 10.9. The normalized spacial score (nSPS) is 11.7. The molecule has 7 heteroatoms. The molecule has 0 spiro atoms. The van der Waals surface area contributed by atoms with Gasteiger partial charge in [-0.1, -0.05) is 6.07 Å². The third kappa shape index (κ3) is 3.17. The van der Waals surface area contributed by atoms with E-state index >= 15 is 0 Å². The SMILES string of the molecule is COc1ccc(C=NS(=O)(=O)c2cccs2)cc1OC. The first-order chi connectivity index (χ1) is 9.56. The van der Waals surface area contributed by atoms with Gasteiger partial charge in [0.25, 0.3) is 10.0 Å². The molecule has 1 aromatic carbocycles. The van der Waals surface area contributed by atoms with Crippen molar-refractivity contribution in [1.29, 1.82) is 0 Å². The Morgan fingerprint density at radius 2 is 1.90 bits per heavy atom. The van der Waals surface area contributed by atoms with Gasteiger partial charge < -0.3 is 9.47 Å². The Morgan fingerprint density at radius 3 is 2.50 bits per heavy atom. The van der Waals surface area contributed by atoms with Crippen LogP contribution in [0.15, 0.2) is 44.3 Å². The minimum atomic E-state index is -3.63. The number of nitrogens with zero attached hydrogens (tertiary/aromatic N) is 1. The van der Waals surface area contributed by atoms with E-state index in [-0.39, 0.29) is 4.21 Å².